The number of hydrogen-bond acceptors (Lipinski definition) is 6. The van der Waals surface area contributed by atoms with Gasteiger partial charge < -0.3 is 10.2 Å². The number of nitrogens with zero attached hydrogens (tertiary/aromatic N) is 4. The van der Waals surface area contributed by atoms with Crippen molar-refractivity contribution in [3.8, 4) is 11.3 Å². The molecule has 27 heavy (non-hydrogen) atoms. The number of nitrogens with two attached hydrogens (primary N) is 1. The topological polar surface area (TPSA) is 87.4 Å². The molecule has 2 aromatic rings. The number of carbonyl (C=O) groups excluding carboxylic acids is 1. The molecule has 2 heterocycles. The highest BCUT2D eigenvalue weighted by atomic mass is 16.2. The molecular formula is C20H26N6O. The SMILES string of the molecule is CCC(=O)N(N)c1nc2c(c(N3CCNCC3)n1)CCCc1ccccc1-2. The molecule has 4 rings (SSSR count). The summed E-state index contributed by atoms with van der Waals surface area (Å²) in [4.78, 5) is 24.0. The molecule has 142 valence electrons. The molecule has 3 N–H and O–H groups in total. The van der Waals surface area contributed by atoms with Crippen LogP contribution < -0.4 is 21.1 Å². The Morgan fingerprint density at radius 3 is 2.78 bits per heavy atom. The lowest BCUT2D eigenvalue weighted by Gasteiger charge is -2.31. The molecule has 1 saturated heterocycles. The van der Waals surface area contributed by atoms with E-state index in [1.807, 2.05) is 6.07 Å². The molecule has 1 aliphatic carbocycles. The molecule has 1 amide bonds. The number of hydrazine groups is 1. The lowest BCUT2D eigenvalue weighted by Crippen LogP contribution is -2.45. The Balaban J connectivity index is 1.90. The van der Waals surface area contributed by atoms with Gasteiger partial charge in [0.25, 0.3) is 0 Å². The van der Waals surface area contributed by atoms with E-state index >= 15 is 0 Å². The lowest BCUT2D eigenvalue weighted by atomic mass is 10.0. The number of carbonyl (C=O) groups is 1. The summed E-state index contributed by atoms with van der Waals surface area (Å²) in [5.74, 6) is 7.08. The third-order valence-corrected chi connectivity index (χ3v) is 5.32. The lowest BCUT2D eigenvalue weighted by molar-refractivity contribution is -0.118. The van der Waals surface area contributed by atoms with Crippen molar-refractivity contribution in [3.05, 3.63) is 35.4 Å². The van der Waals surface area contributed by atoms with E-state index in [1.54, 1.807) is 6.92 Å². The van der Waals surface area contributed by atoms with Gasteiger partial charge in [-0.1, -0.05) is 31.2 Å². The number of fused-ring (bicyclic) bond motifs is 3. The first kappa shape index (κ1) is 17.9. The van der Waals surface area contributed by atoms with Gasteiger partial charge in [0.1, 0.15) is 5.82 Å². The van der Waals surface area contributed by atoms with Crippen molar-refractivity contribution in [2.75, 3.05) is 36.1 Å². The van der Waals surface area contributed by atoms with Gasteiger partial charge in [-0.15, -0.1) is 0 Å². The van der Waals surface area contributed by atoms with Gasteiger partial charge >= 0.3 is 0 Å². The Morgan fingerprint density at radius 2 is 2.00 bits per heavy atom. The molecule has 0 bridgehead atoms. The van der Waals surface area contributed by atoms with Crippen molar-refractivity contribution < 1.29 is 4.79 Å². The number of aromatic nitrogens is 2. The predicted molar refractivity (Wildman–Crippen MR) is 107 cm³/mol. The zero-order valence-electron chi connectivity index (χ0n) is 15.7. The number of anilines is 2. The monoisotopic (exact) mass is 366 g/mol. The summed E-state index contributed by atoms with van der Waals surface area (Å²) in [7, 11) is 0. The first-order valence-corrected chi connectivity index (χ1v) is 9.71. The average Bonchev–Trinajstić information content (AvgIpc) is 2.92. The Kier molecular flexibility index (Phi) is 5.05. The van der Waals surface area contributed by atoms with Crippen LogP contribution in [-0.2, 0) is 17.6 Å². The maximum atomic E-state index is 12.2. The molecule has 1 aromatic carbocycles. The number of nitrogens with one attached hydrogen (secondary N) is 1. The van der Waals surface area contributed by atoms with E-state index in [9.17, 15) is 4.79 Å². The summed E-state index contributed by atoms with van der Waals surface area (Å²) >= 11 is 0. The van der Waals surface area contributed by atoms with Crippen LogP contribution in [0.4, 0.5) is 11.8 Å². The van der Waals surface area contributed by atoms with E-state index in [0.29, 0.717) is 6.42 Å². The van der Waals surface area contributed by atoms with E-state index in [-0.39, 0.29) is 11.9 Å². The van der Waals surface area contributed by atoms with Crippen LogP contribution in [0.3, 0.4) is 0 Å². The summed E-state index contributed by atoms with van der Waals surface area (Å²) in [6, 6.07) is 8.38. The number of rotatable bonds is 3. The Labute approximate surface area is 159 Å². The molecule has 7 heteroatoms. The summed E-state index contributed by atoms with van der Waals surface area (Å²) in [5.41, 5.74) is 4.50. The number of amides is 1. The van der Waals surface area contributed by atoms with Crippen molar-refractivity contribution in [1.29, 1.82) is 0 Å². The van der Waals surface area contributed by atoms with Gasteiger partial charge in [0.2, 0.25) is 11.9 Å². The Morgan fingerprint density at radius 1 is 1.22 bits per heavy atom. The van der Waals surface area contributed by atoms with Gasteiger partial charge in [0.15, 0.2) is 0 Å². The summed E-state index contributed by atoms with van der Waals surface area (Å²) in [5, 5.41) is 4.48. The Bertz CT molecular complexity index is 846. The van der Waals surface area contributed by atoms with Gasteiger partial charge in [-0.25, -0.2) is 15.8 Å². The largest absolute Gasteiger partial charge is 0.354 e. The van der Waals surface area contributed by atoms with Gasteiger partial charge in [-0.2, -0.15) is 4.98 Å². The number of hydrogen-bond donors (Lipinski definition) is 2. The highest BCUT2D eigenvalue weighted by molar-refractivity contribution is 5.91. The van der Waals surface area contributed by atoms with E-state index in [1.165, 1.54) is 11.1 Å². The normalized spacial score (nSPS) is 16.3. The molecular weight excluding hydrogens is 340 g/mol. The Hall–Kier alpha value is -2.51. The molecule has 0 atom stereocenters. The van der Waals surface area contributed by atoms with Crippen molar-refractivity contribution in [3.63, 3.8) is 0 Å². The fourth-order valence-corrected chi connectivity index (χ4v) is 3.87. The molecule has 0 saturated carbocycles. The van der Waals surface area contributed by atoms with Crippen LogP contribution >= 0.6 is 0 Å². The van der Waals surface area contributed by atoms with Crippen LogP contribution in [0.2, 0.25) is 0 Å². The number of aryl methyl sites for hydroxylation is 1. The van der Waals surface area contributed by atoms with Gasteiger partial charge in [-0.05, 0) is 24.8 Å². The summed E-state index contributed by atoms with van der Waals surface area (Å²) in [6.45, 7) is 5.40. The van der Waals surface area contributed by atoms with E-state index in [4.69, 9.17) is 15.8 Å². The van der Waals surface area contributed by atoms with Gasteiger partial charge in [-0.3, -0.25) is 4.79 Å². The number of piperazine rings is 1. The maximum absolute atomic E-state index is 12.2. The van der Waals surface area contributed by atoms with Crippen molar-refractivity contribution >= 4 is 17.7 Å². The standard InChI is InChI=1S/C20H26N6O/c1-2-17(27)26(21)20-23-18-15-8-4-3-6-14(15)7-5-9-16(18)19(24-20)25-12-10-22-11-13-25/h3-4,6,8,22H,2,5,7,9-13,21H2,1H3. The van der Waals surface area contributed by atoms with Gasteiger partial charge in [0, 0.05) is 43.7 Å². The minimum atomic E-state index is -0.192. The van der Waals surface area contributed by atoms with Crippen molar-refractivity contribution in [2.24, 2.45) is 5.84 Å². The second-order valence-electron chi connectivity index (χ2n) is 7.04. The molecule has 7 nitrogen and oxygen atoms in total. The molecule has 0 unspecified atom stereocenters. The van der Waals surface area contributed by atoms with Crippen molar-refractivity contribution in [2.45, 2.75) is 32.6 Å². The van der Waals surface area contributed by atoms with Crippen LogP contribution in [0.25, 0.3) is 11.3 Å². The zero-order valence-corrected chi connectivity index (χ0v) is 15.7. The number of benzene rings is 1. The predicted octanol–water partition coefficient (Wildman–Crippen LogP) is 1.66. The van der Waals surface area contributed by atoms with E-state index in [2.05, 4.69) is 28.4 Å². The minimum Gasteiger partial charge on any atom is -0.354 e. The zero-order chi connectivity index (χ0) is 18.8. The third-order valence-electron chi connectivity index (χ3n) is 5.32. The molecule has 1 aliphatic heterocycles. The van der Waals surface area contributed by atoms with Crippen LogP contribution in [0, 0.1) is 0 Å². The van der Waals surface area contributed by atoms with E-state index < -0.39 is 0 Å². The fraction of sp³-hybridized carbons (Fsp3) is 0.450. The molecule has 1 fully saturated rings. The van der Waals surface area contributed by atoms with Crippen molar-refractivity contribution in [1.82, 2.24) is 15.3 Å². The molecule has 0 radical (unpaired) electrons. The fourth-order valence-electron chi connectivity index (χ4n) is 3.87. The van der Waals surface area contributed by atoms with E-state index in [0.717, 1.165) is 67.5 Å². The first-order chi connectivity index (χ1) is 13.2. The second kappa shape index (κ2) is 7.62. The van der Waals surface area contributed by atoms with Crippen LogP contribution in [0.5, 0.6) is 0 Å². The average molecular weight is 366 g/mol. The van der Waals surface area contributed by atoms with Crippen LogP contribution in [0.15, 0.2) is 24.3 Å². The highest BCUT2D eigenvalue weighted by Crippen LogP contribution is 2.36. The third kappa shape index (κ3) is 3.40. The first-order valence-electron chi connectivity index (χ1n) is 9.71. The summed E-state index contributed by atoms with van der Waals surface area (Å²) < 4.78 is 0. The summed E-state index contributed by atoms with van der Waals surface area (Å²) in [6.07, 6.45) is 3.32. The minimum absolute atomic E-state index is 0.192. The smallest absolute Gasteiger partial charge is 0.249 e. The highest BCUT2D eigenvalue weighted by Gasteiger charge is 2.26. The second-order valence-corrected chi connectivity index (χ2v) is 7.04. The maximum Gasteiger partial charge on any atom is 0.249 e. The molecule has 0 spiro atoms. The van der Waals surface area contributed by atoms with Crippen LogP contribution in [-0.4, -0.2) is 42.1 Å². The van der Waals surface area contributed by atoms with Crippen LogP contribution in [0.1, 0.15) is 30.9 Å². The van der Waals surface area contributed by atoms with Gasteiger partial charge in [0.05, 0.1) is 5.69 Å². The molecule has 2 aliphatic rings. The quantitative estimate of drug-likeness (QED) is 0.488. The molecule has 1 aromatic heterocycles.